The molecule has 1 N–H and O–H groups in total. The highest BCUT2D eigenvalue weighted by molar-refractivity contribution is 5.06. The van der Waals surface area contributed by atoms with Gasteiger partial charge in [-0.05, 0) is 20.4 Å². The summed E-state index contributed by atoms with van der Waals surface area (Å²) in [6.45, 7) is 7.15. The molecule has 0 radical (unpaired) electrons. The van der Waals surface area contributed by atoms with E-state index in [4.69, 9.17) is 0 Å². The number of rotatable bonds is 6. The molecule has 2 aromatic heterocycles. The highest BCUT2D eigenvalue weighted by Crippen LogP contribution is 2.16. The van der Waals surface area contributed by atoms with Crippen LogP contribution in [-0.4, -0.2) is 31.3 Å². The van der Waals surface area contributed by atoms with Crippen LogP contribution in [0, 0.1) is 0 Å². The fourth-order valence-corrected chi connectivity index (χ4v) is 2.05. The van der Waals surface area contributed by atoms with Crippen LogP contribution in [0.5, 0.6) is 0 Å². The minimum Gasteiger partial charge on any atom is -0.308 e. The van der Waals surface area contributed by atoms with Crippen molar-refractivity contribution in [3.8, 4) is 0 Å². The lowest BCUT2D eigenvalue weighted by Crippen LogP contribution is -2.25. The van der Waals surface area contributed by atoms with E-state index in [1.54, 1.807) is 24.9 Å². The summed E-state index contributed by atoms with van der Waals surface area (Å²) < 4.78 is 1.95. The van der Waals surface area contributed by atoms with Gasteiger partial charge in [-0.2, -0.15) is 5.10 Å². The Bertz CT molecular complexity index is 493. The van der Waals surface area contributed by atoms with Gasteiger partial charge in [0.25, 0.3) is 0 Å². The van der Waals surface area contributed by atoms with Crippen molar-refractivity contribution < 1.29 is 0 Å². The lowest BCUT2D eigenvalue weighted by atomic mass is 10.1. The molecule has 6 heteroatoms. The SMILES string of the molecule is CCNC(Cc1ncnn1C(C)C)c1cnccn1. The average molecular weight is 260 g/mol. The van der Waals surface area contributed by atoms with E-state index in [-0.39, 0.29) is 6.04 Å². The minimum absolute atomic E-state index is 0.111. The van der Waals surface area contributed by atoms with E-state index in [9.17, 15) is 0 Å². The van der Waals surface area contributed by atoms with E-state index in [1.807, 2.05) is 4.68 Å². The summed E-state index contributed by atoms with van der Waals surface area (Å²) in [5, 5.41) is 7.68. The molecule has 0 saturated heterocycles. The van der Waals surface area contributed by atoms with Crippen LogP contribution in [0.25, 0.3) is 0 Å². The largest absolute Gasteiger partial charge is 0.308 e. The van der Waals surface area contributed by atoms with Gasteiger partial charge in [0.1, 0.15) is 12.2 Å². The zero-order chi connectivity index (χ0) is 13.7. The predicted octanol–water partition coefficient (Wildman–Crippen LogP) is 1.54. The van der Waals surface area contributed by atoms with E-state index >= 15 is 0 Å². The maximum Gasteiger partial charge on any atom is 0.138 e. The Labute approximate surface area is 113 Å². The van der Waals surface area contributed by atoms with Gasteiger partial charge >= 0.3 is 0 Å². The third-order valence-corrected chi connectivity index (χ3v) is 2.91. The highest BCUT2D eigenvalue weighted by atomic mass is 15.3. The highest BCUT2D eigenvalue weighted by Gasteiger charge is 2.17. The van der Waals surface area contributed by atoms with Crippen LogP contribution < -0.4 is 5.32 Å². The Balaban J connectivity index is 2.19. The van der Waals surface area contributed by atoms with Crippen molar-refractivity contribution in [1.29, 1.82) is 0 Å². The summed E-state index contributed by atoms with van der Waals surface area (Å²) in [6, 6.07) is 0.419. The van der Waals surface area contributed by atoms with Crippen molar-refractivity contribution in [2.45, 2.75) is 39.3 Å². The molecule has 0 amide bonds. The molecule has 0 aliphatic heterocycles. The normalized spacial score (nSPS) is 12.8. The average Bonchev–Trinajstić information content (AvgIpc) is 2.88. The first-order valence-corrected chi connectivity index (χ1v) is 6.60. The lowest BCUT2D eigenvalue weighted by molar-refractivity contribution is 0.463. The summed E-state index contributed by atoms with van der Waals surface area (Å²) >= 11 is 0. The quantitative estimate of drug-likeness (QED) is 0.853. The Kier molecular flexibility index (Phi) is 4.57. The molecule has 19 heavy (non-hydrogen) atoms. The molecule has 2 rings (SSSR count). The van der Waals surface area contributed by atoms with Gasteiger partial charge in [-0.25, -0.2) is 9.67 Å². The molecule has 6 nitrogen and oxygen atoms in total. The molecule has 1 atom stereocenters. The zero-order valence-corrected chi connectivity index (χ0v) is 11.6. The molecule has 0 spiro atoms. The Morgan fingerprint density at radius 1 is 1.26 bits per heavy atom. The predicted molar refractivity (Wildman–Crippen MR) is 72.6 cm³/mol. The van der Waals surface area contributed by atoms with Crippen molar-refractivity contribution >= 4 is 0 Å². The number of likely N-dealkylation sites (N-methyl/N-ethyl adjacent to an activating group) is 1. The molecule has 1 unspecified atom stereocenters. The van der Waals surface area contributed by atoms with Crippen LogP contribution >= 0.6 is 0 Å². The monoisotopic (exact) mass is 260 g/mol. The van der Waals surface area contributed by atoms with E-state index in [1.165, 1.54) is 0 Å². The van der Waals surface area contributed by atoms with Gasteiger partial charge in [0.05, 0.1) is 11.7 Å². The van der Waals surface area contributed by atoms with Crippen molar-refractivity contribution in [3.05, 3.63) is 36.4 Å². The Morgan fingerprint density at radius 3 is 2.74 bits per heavy atom. The lowest BCUT2D eigenvalue weighted by Gasteiger charge is -2.17. The van der Waals surface area contributed by atoms with E-state index in [0.717, 1.165) is 24.5 Å². The van der Waals surface area contributed by atoms with Gasteiger partial charge in [0.15, 0.2) is 0 Å². The number of hydrogen-bond donors (Lipinski definition) is 1. The molecule has 0 fully saturated rings. The summed E-state index contributed by atoms with van der Waals surface area (Å²) in [6.07, 6.45) is 7.55. The molecule has 2 aromatic rings. The summed E-state index contributed by atoms with van der Waals surface area (Å²) in [4.78, 5) is 12.8. The fourth-order valence-electron chi connectivity index (χ4n) is 2.05. The van der Waals surface area contributed by atoms with Gasteiger partial charge in [0, 0.05) is 31.1 Å². The molecule has 0 bridgehead atoms. The Hall–Kier alpha value is -1.82. The molecule has 102 valence electrons. The fraction of sp³-hybridized carbons (Fsp3) is 0.538. The second-order valence-corrected chi connectivity index (χ2v) is 4.66. The van der Waals surface area contributed by atoms with Crippen LogP contribution in [0.4, 0.5) is 0 Å². The molecule has 0 aliphatic rings. The van der Waals surface area contributed by atoms with Crippen molar-refractivity contribution in [2.75, 3.05) is 6.54 Å². The van der Waals surface area contributed by atoms with Gasteiger partial charge < -0.3 is 5.32 Å². The molecule has 2 heterocycles. The molecule has 0 aromatic carbocycles. The first-order valence-electron chi connectivity index (χ1n) is 6.60. The van der Waals surface area contributed by atoms with E-state index in [2.05, 4.69) is 46.1 Å². The van der Waals surface area contributed by atoms with Crippen molar-refractivity contribution in [3.63, 3.8) is 0 Å². The first kappa shape index (κ1) is 13.6. The van der Waals surface area contributed by atoms with E-state index in [0.29, 0.717) is 6.04 Å². The summed E-state index contributed by atoms with van der Waals surface area (Å²) in [5.74, 6) is 0.964. The number of aromatic nitrogens is 5. The number of nitrogens with one attached hydrogen (secondary N) is 1. The third kappa shape index (κ3) is 3.35. The first-order chi connectivity index (χ1) is 9.22. The molecule has 0 aliphatic carbocycles. The standard InChI is InChI=1S/C13H20N6/c1-4-15-11(12-8-14-5-6-16-12)7-13-17-9-18-19(13)10(2)3/h5-6,8-11,15H,4,7H2,1-3H3. The zero-order valence-electron chi connectivity index (χ0n) is 11.6. The van der Waals surface area contributed by atoms with Crippen LogP contribution in [0.2, 0.25) is 0 Å². The van der Waals surface area contributed by atoms with Crippen LogP contribution in [0.3, 0.4) is 0 Å². The maximum atomic E-state index is 4.37. The van der Waals surface area contributed by atoms with Crippen molar-refractivity contribution in [1.82, 2.24) is 30.0 Å². The summed E-state index contributed by atoms with van der Waals surface area (Å²) in [5.41, 5.74) is 0.933. The summed E-state index contributed by atoms with van der Waals surface area (Å²) in [7, 11) is 0. The van der Waals surface area contributed by atoms with Crippen molar-refractivity contribution in [2.24, 2.45) is 0 Å². The van der Waals surface area contributed by atoms with Gasteiger partial charge in [-0.15, -0.1) is 0 Å². The molecule has 0 saturated carbocycles. The van der Waals surface area contributed by atoms with Crippen LogP contribution in [0.1, 0.15) is 44.4 Å². The van der Waals surface area contributed by atoms with Gasteiger partial charge in [0.2, 0.25) is 0 Å². The third-order valence-electron chi connectivity index (χ3n) is 2.91. The second kappa shape index (κ2) is 6.38. The number of hydrogen-bond acceptors (Lipinski definition) is 5. The minimum atomic E-state index is 0.111. The van der Waals surface area contributed by atoms with Gasteiger partial charge in [-0.1, -0.05) is 6.92 Å². The second-order valence-electron chi connectivity index (χ2n) is 4.66. The maximum absolute atomic E-state index is 4.37. The van der Waals surface area contributed by atoms with Gasteiger partial charge in [-0.3, -0.25) is 9.97 Å². The van der Waals surface area contributed by atoms with Crippen LogP contribution in [0.15, 0.2) is 24.9 Å². The number of nitrogens with zero attached hydrogens (tertiary/aromatic N) is 5. The smallest absolute Gasteiger partial charge is 0.138 e. The Morgan fingerprint density at radius 2 is 2.11 bits per heavy atom. The molecular weight excluding hydrogens is 240 g/mol. The molecular formula is C13H20N6. The van der Waals surface area contributed by atoms with Crippen LogP contribution in [-0.2, 0) is 6.42 Å². The van der Waals surface area contributed by atoms with E-state index < -0.39 is 0 Å². The topological polar surface area (TPSA) is 68.5 Å².